The minimum Gasteiger partial charge on any atom is -0.370 e. The zero-order valence-electron chi connectivity index (χ0n) is 11.5. The number of aromatic nitrogens is 5. The van der Waals surface area contributed by atoms with Crippen LogP contribution < -0.4 is 10.6 Å². The van der Waals surface area contributed by atoms with Gasteiger partial charge in [0, 0.05) is 19.2 Å². The van der Waals surface area contributed by atoms with Gasteiger partial charge in [0.1, 0.15) is 24.3 Å². The second-order valence-corrected chi connectivity index (χ2v) is 4.12. The van der Waals surface area contributed by atoms with Crippen LogP contribution in [0.5, 0.6) is 0 Å². The first-order valence-corrected chi connectivity index (χ1v) is 6.40. The van der Waals surface area contributed by atoms with E-state index >= 15 is 0 Å². The van der Waals surface area contributed by atoms with E-state index < -0.39 is 0 Å². The second kappa shape index (κ2) is 6.12. The van der Waals surface area contributed by atoms with Gasteiger partial charge in [-0.15, -0.1) is 0 Å². The van der Waals surface area contributed by atoms with Crippen molar-refractivity contribution in [3.05, 3.63) is 24.0 Å². The zero-order chi connectivity index (χ0) is 13.7. The molecule has 7 heteroatoms. The van der Waals surface area contributed by atoms with E-state index in [4.69, 9.17) is 0 Å². The molecule has 0 atom stereocenters. The smallest absolute Gasteiger partial charge is 0.169 e. The summed E-state index contributed by atoms with van der Waals surface area (Å²) in [6, 6.07) is 0. The maximum atomic E-state index is 4.29. The van der Waals surface area contributed by atoms with E-state index in [1.807, 2.05) is 14.0 Å². The van der Waals surface area contributed by atoms with Crippen LogP contribution in [0.2, 0.25) is 0 Å². The van der Waals surface area contributed by atoms with Crippen molar-refractivity contribution >= 4 is 11.6 Å². The fourth-order valence-corrected chi connectivity index (χ4v) is 1.85. The second-order valence-electron chi connectivity index (χ2n) is 4.12. The largest absolute Gasteiger partial charge is 0.370 e. The first-order valence-electron chi connectivity index (χ1n) is 6.40. The average Bonchev–Trinajstić information content (AvgIpc) is 2.83. The van der Waals surface area contributed by atoms with Crippen molar-refractivity contribution in [1.29, 1.82) is 0 Å². The quantitative estimate of drug-likeness (QED) is 0.813. The Bertz CT molecular complexity index is 535. The van der Waals surface area contributed by atoms with Crippen LogP contribution in [0.4, 0.5) is 11.6 Å². The molecule has 0 radical (unpaired) electrons. The lowest BCUT2D eigenvalue weighted by atomic mass is 10.2. The Morgan fingerprint density at radius 2 is 1.84 bits per heavy atom. The van der Waals surface area contributed by atoms with Gasteiger partial charge in [-0.2, -0.15) is 5.10 Å². The molecule has 0 aromatic carbocycles. The molecular weight excluding hydrogens is 242 g/mol. The van der Waals surface area contributed by atoms with Crippen molar-refractivity contribution in [3.8, 4) is 0 Å². The molecule has 19 heavy (non-hydrogen) atoms. The van der Waals surface area contributed by atoms with Gasteiger partial charge in [-0.1, -0.05) is 6.92 Å². The monoisotopic (exact) mass is 261 g/mol. The first-order chi connectivity index (χ1) is 9.24. The van der Waals surface area contributed by atoms with Crippen molar-refractivity contribution in [2.45, 2.75) is 26.8 Å². The van der Waals surface area contributed by atoms with Gasteiger partial charge in [-0.3, -0.25) is 4.68 Å². The van der Waals surface area contributed by atoms with Crippen LogP contribution in [0.15, 0.2) is 12.7 Å². The van der Waals surface area contributed by atoms with Gasteiger partial charge in [-0.25, -0.2) is 15.0 Å². The Balaban J connectivity index is 2.13. The molecule has 0 aliphatic carbocycles. The third-order valence-corrected chi connectivity index (χ3v) is 2.70. The van der Waals surface area contributed by atoms with Gasteiger partial charge in [-0.05, 0) is 13.3 Å². The molecular formula is C12H19N7. The molecule has 2 rings (SSSR count). The van der Waals surface area contributed by atoms with Crippen LogP contribution in [0, 0.1) is 0 Å². The summed E-state index contributed by atoms with van der Waals surface area (Å²) in [5.41, 5.74) is 1.08. The summed E-state index contributed by atoms with van der Waals surface area (Å²) in [6.07, 6.45) is 4.11. The van der Waals surface area contributed by atoms with Crippen molar-refractivity contribution in [2.24, 2.45) is 7.05 Å². The first kappa shape index (κ1) is 13.3. The highest BCUT2D eigenvalue weighted by Crippen LogP contribution is 2.20. The Kier molecular flexibility index (Phi) is 4.27. The molecule has 2 heterocycles. The van der Waals surface area contributed by atoms with E-state index in [1.54, 1.807) is 17.3 Å². The molecule has 0 aliphatic rings. The highest BCUT2D eigenvalue weighted by atomic mass is 15.3. The molecule has 0 amide bonds. The standard InChI is InChI=1S/C12H19N7/c1-4-9-11(13-5-2)15-7-16-12(9)14-6-10-17-8-19(3)18-10/h7-8H,4-6H2,1-3H3,(H2,13,14,15,16). The van der Waals surface area contributed by atoms with Crippen LogP contribution in [-0.4, -0.2) is 31.3 Å². The Labute approximate surface area is 112 Å². The van der Waals surface area contributed by atoms with Crippen LogP contribution in [-0.2, 0) is 20.0 Å². The Morgan fingerprint density at radius 1 is 1.11 bits per heavy atom. The lowest BCUT2D eigenvalue weighted by Crippen LogP contribution is -2.10. The van der Waals surface area contributed by atoms with Crippen LogP contribution >= 0.6 is 0 Å². The third kappa shape index (κ3) is 3.18. The van der Waals surface area contributed by atoms with E-state index in [1.165, 1.54) is 0 Å². The number of nitrogens with zero attached hydrogens (tertiary/aromatic N) is 5. The predicted octanol–water partition coefficient (Wildman–Crippen LogP) is 1.21. The maximum absolute atomic E-state index is 4.29. The van der Waals surface area contributed by atoms with Gasteiger partial charge in [0.05, 0.1) is 6.54 Å². The SMILES string of the molecule is CCNc1ncnc(NCc2ncn(C)n2)c1CC. The van der Waals surface area contributed by atoms with Gasteiger partial charge < -0.3 is 10.6 Å². The Morgan fingerprint density at radius 3 is 2.42 bits per heavy atom. The van der Waals surface area contributed by atoms with E-state index in [-0.39, 0.29) is 0 Å². The van der Waals surface area contributed by atoms with Crippen molar-refractivity contribution in [1.82, 2.24) is 24.7 Å². The maximum Gasteiger partial charge on any atom is 0.169 e. The van der Waals surface area contributed by atoms with E-state index in [0.717, 1.165) is 36.0 Å². The molecule has 0 saturated heterocycles. The molecule has 7 nitrogen and oxygen atoms in total. The summed E-state index contributed by atoms with van der Waals surface area (Å²) in [7, 11) is 1.85. The topological polar surface area (TPSA) is 80.5 Å². The van der Waals surface area contributed by atoms with Gasteiger partial charge >= 0.3 is 0 Å². The van der Waals surface area contributed by atoms with Crippen molar-refractivity contribution < 1.29 is 0 Å². The number of nitrogens with one attached hydrogen (secondary N) is 2. The fraction of sp³-hybridized carbons (Fsp3) is 0.500. The lowest BCUT2D eigenvalue weighted by molar-refractivity contribution is 0.746. The summed E-state index contributed by atoms with van der Waals surface area (Å²) in [6.45, 7) is 5.53. The summed E-state index contributed by atoms with van der Waals surface area (Å²) in [5.74, 6) is 2.46. The molecule has 0 fully saturated rings. The molecule has 2 N–H and O–H groups in total. The number of aryl methyl sites for hydroxylation is 1. The molecule has 0 bridgehead atoms. The number of hydrogen-bond acceptors (Lipinski definition) is 6. The fourth-order valence-electron chi connectivity index (χ4n) is 1.85. The molecule has 2 aromatic heterocycles. The highest BCUT2D eigenvalue weighted by molar-refractivity contribution is 5.57. The van der Waals surface area contributed by atoms with E-state index in [0.29, 0.717) is 6.54 Å². The van der Waals surface area contributed by atoms with Gasteiger partial charge in [0.25, 0.3) is 0 Å². The van der Waals surface area contributed by atoms with Gasteiger partial charge in [0.2, 0.25) is 0 Å². The molecule has 0 aliphatic heterocycles. The zero-order valence-corrected chi connectivity index (χ0v) is 11.5. The molecule has 0 saturated carbocycles. The van der Waals surface area contributed by atoms with Crippen LogP contribution in [0.25, 0.3) is 0 Å². The van der Waals surface area contributed by atoms with Crippen molar-refractivity contribution in [3.63, 3.8) is 0 Å². The van der Waals surface area contributed by atoms with E-state index in [2.05, 4.69) is 37.6 Å². The van der Waals surface area contributed by atoms with Gasteiger partial charge in [0.15, 0.2) is 5.82 Å². The average molecular weight is 261 g/mol. The minimum absolute atomic E-state index is 0.552. The number of hydrogen-bond donors (Lipinski definition) is 2. The summed E-state index contributed by atoms with van der Waals surface area (Å²) in [5, 5.41) is 10.7. The molecule has 102 valence electrons. The molecule has 2 aromatic rings. The number of anilines is 2. The minimum atomic E-state index is 0.552. The summed E-state index contributed by atoms with van der Waals surface area (Å²) >= 11 is 0. The number of rotatable bonds is 6. The van der Waals surface area contributed by atoms with Crippen LogP contribution in [0.1, 0.15) is 25.2 Å². The highest BCUT2D eigenvalue weighted by Gasteiger charge is 2.09. The summed E-state index contributed by atoms with van der Waals surface area (Å²) < 4.78 is 1.68. The lowest BCUT2D eigenvalue weighted by Gasteiger charge is -2.12. The van der Waals surface area contributed by atoms with E-state index in [9.17, 15) is 0 Å². The van der Waals surface area contributed by atoms with Crippen molar-refractivity contribution in [2.75, 3.05) is 17.2 Å². The predicted molar refractivity (Wildman–Crippen MR) is 73.9 cm³/mol. The molecule has 0 unspecified atom stereocenters. The summed E-state index contributed by atoms with van der Waals surface area (Å²) in [4.78, 5) is 12.7. The van der Waals surface area contributed by atoms with Crippen LogP contribution in [0.3, 0.4) is 0 Å². The Hall–Kier alpha value is -2.18. The third-order valence-electron chi connectivity index (χ3n) is 2.70. The normalized spacial score (nSPS) is 10.5. The molecule has 0 spiro atoms.